The van der Waals surface area contributed by atoms with E-state index in [1.807, 2.05) is 12.1 Å². The number of fused-ring (bicyclic) bond motifs is 2. The Morgan fingerprint density at radius 3 is 1.63 bits per heavy atom. The number of carbonyl (C=O) groups excluding carboxylic acids is 3. The first-order chi connectivity index (χ1) is 29.0. The number of hydrogen-bond donors (Lipinski definition) is 3. The quantitative estimate of drug-likeness (QED) is 0.114. The first-order valence-electron chi connectivity index (χ1n) is 19.5. The number of benzene rings is 4. The Labute approximate surface area is 358 Å². The van der Waals surface area contributed by atoms with Crippen LogP contribution in [-0.2, 0) is 65.5 Å². The van der Waals surface area contributed by atoms with Crippen LogP contribution in [0, 0.1) is 11.6 Å². The van der Waals surface area contributed by atoms with Gasteiger partial charge in [0.2, 0.25) is 11.8 Å². The molecule has 334 valence electrons. The van der Waals surface area contributed by atoms with Gasteiger partial charge in [0.25, 0.3) is 0 Å². The molecule has 4 aromatic carbocycles. The Balaban J connectivity index is 0.000000235. The predicted octanol–water partition coefficient (Wildman–Crippen LogP) is 9.30. The van der Waals surface area contributed by atoms with Gasteiger partial charge in [-0.2, -0.15) is 26.3 Å². The summed E-state index contributed by atoms with van der Waals surface area (Å²) < 4.78 is 109. The third-order valence-electron chi connectivity index (χ3n) is 9.87. The van der Waals surface area contributed by atoms with E-state index in [1.165, 1.54) is 0 Å². The van der Waals surface area contributed by atoms with Crippen LogP contribution >= 0.6 is 11.6 Å². The van der Waals surface area contributed by atoms with Gasteiger partial charge in [0.05, 0.1) is 30.1 Å². The average molecular weight is 897 g/mol. The summed E-state index contributed by atoms with van der Waals surface area (Å²) >= 11 is 5.66. The standard InChI is InChI=1S/C23H24F4N2O3.C21H21ClF4N2O2/c1-22(2,3)32-21(31)29-10-9-16-15(13-29)5-4-6-19(16)28-20(30)12-14-7-8-17(18(24)11-14)23(25,26)27;22-10-15(29)12-28-7-6-16-14(11-28)2-1-3-19(16)27-20(30)9-13-4-5-17(18(23)8-13)21(24,25)26/h4-8,11H,9-10,12-13H2,1-3H3,(H,28,30);1-5,8,15,29H,6-7,9-12H2,(H,27,30). The summed E-state index contributed by atoms with van der Waals surface area (Å²) in [7, 11) is 0. The van der Waals surface area contributed by atoms with Crippen molar-refractivity contribution in [3.05, 3.63) is 129 Å². The van der Waals surface area contributed by atoms with Crippen molar-refractivity contribution >= 4 is 40.9 Å². The smallest absolute Gasteiger partial charge is 0.419 e. The number of ether oxygens (including phenoxy) is 1. The van der Waals surface area contributed by atoms with Gasteiger partial charge in [-0.3, -0.25) is 14.5 Å². The van der Waals surface area contributed by atoms with E-state index in [2.05, 4.69) is 15.5 Å². The van der Waals surface area contributed by atoms with Crippen molar-refractivity contribution in [2.45, 2.75) is 83.6 Å². The van der Waals surface area contributed by atoms with Gasteiger partial charge in [-0.25, -0.2) is 13.6 Å². The molecule has 1 atom stereocenters. The van der Waals surface area contributed by atoms with Crippen LogP contribution in [0.3, 0.4) is 0 Å². The lowest BCUT2D eigenvalue weighted by Gasteiger charge is -2.32. The van der Waals surface area contributed by atoms with E-state index < -0.39 is 64.7 Å². The van der Waals surface area contributed by atoms with Crippen LogP contribution in [0.5, 0.6) is 0 Å². The summed E-state index contributed by atoms with van der Waals surface area (Å²) in [6.45, 7) is 7.88. The number of aliphatic hydroxyl groups is 1. The summed E-state index contributed by atoms with van der Waals surface area (Å²) in [5, 5.41) is 15.3. The molecule has 0 saturated heterocycles. The third kappa shape index (κ3) is 13.1. The molecule has 1 unspecified atom stereocenters. The highest BCUT2D eigenvalue weighted by molar-refractivity contribution is 6.18. The zero-order valence-corrected chi connectivity index (χ0v) is 34.7. The van der Waals surface area contributed by atoms with Gasteiger partial charge < -0.3 is 25.4 Å². The molecule has 9 nitrogen and oxygen atoms in total. The van der Waals surface area contributed by atoms with E-state index in [-0.39, 0.29) is 29.8 Å². The van der Waals surface area contributed by atoms with Crippen molar-refractivity contribution in [3.63, 3.8) is 0 Å². The molecule has 18 heteroatoms. The summed E-state index contributed by atoms with van der Waals surface area (Å²) in [5.41, 5.74) is 1.87. The molecule has 2 heterocycles. The van der Waals surface area contributed by atoms with Crippen LogP contribution in [-0.4, -0.2) is 70.0 Å². The summed E-state index contributed by atoms with van der Waals surface area (Å²) in [6, 6.07) is 15.7. The van der Waals surface area contributed by atoms with Crippen LogP contribution in [0.1, 0.15) is 65.3 Å². The zero-order chi connectivity index (χ0) is 45.6. The number of amides is 3. The SMILES string of the molecule is CC(C)(C)OC(=O)N1CCc2c(cccc2NC(=O)Cc2ccc(C(F)(F)F)c(F)c2)C1.O=C(Cc1ccc(C(F)(F)F)c(F)c1)Nc1cccc2c1CCN(CC(O)CCl)C2. The number of nitrogens with one attached hydrogen (secondary N) is 2. The summed E-state index contributed by atoms with van der Waals surface area (Å²) in [4.78, 5) is 40.8. The Kier molecular flexibility index (Phi) is 15.3. The molecule has 3 amide bonds. The summed E-state index contributed by atoms with van der Waals surface area (Å²) in [5.74, 6) is -3.58. The maximum Gasteiger partial charge on any atom is 0.419 e. The molecular formula is C44H45ClF8N4O5. The van der Waals surface area contributed by atoms with Crippen LogP contribution in [0.2, 0.25) is 0 Å². The van der Waals surface area contributed by atoms with Crippen molar-refractivity contribution in [2.24, 2.45) is 0 Å². The minimum absolute atomic E-state index is 0.133. The second-order valence-corrected chi connectivity index (χ2v) is 16.2. The fourth-order valence-corrected chi connectivity index (χ4v) is 7.15. The highest BCUT2D eigenvalue weighted by Gasteiger charge is 2.35. The Morgan fingerprint density at radius 1 is 0.726 bits per heavy atom. The second-order valence-electron chi connectivity index (χ2n) is 15.9. The van der Waals surface area contributed by atoms with Gasteiger partial charge in [-0.05, 0) is 103 Å². The number of aliphatic hydroxyl groups excluding tert-OH is 1. The maximum absolute atomic E-state index is 13.8. The largest absolute Gasteiger partial charge is 0.444 e. The van der Waals surface area contributed by atoms with E-state index >= 15 is 0 Å². The van der Waals surface area contributed by atoms with Crippen molar-refractivity contribution in [2.75, 3.05) is 36.1 Å². The molecule has 2 aliphatic heterocycles. The lowest BCUT2D eigenvalue weighted by molar-refractivity contribution is -0.140. The van der Waals surface area contributed by atoms with Crippen molar-refractivity contribution < 1.29 is 59.4 Å². The molecule has 2 aliphatic rings. The first kappa shape index (κ1) is 47.8. The number of alkyl halides is 7. The van der Waals surface area contributed by atoms with Crippen LogP contribution in [0.15, 0.2) is 72.8 Å². The molecule has 6 rings (SSSR count). The van der Waals surface area contributed by atoms with E-state index in [4.69, 9.17) is 16.3 Å². The maximum atomic E-state index is 13.8. The van der Waals surface area contributed by atoms with E-state index in [0.717, 1.165) is 46.5 Å². The molecular weight excluding hydrogens is 852 g/mol. The number of hydrogen-bond acceptors (Lipinski definition) is 6. The molecule has 62 heavy (non-hydrogen) atoms. The molecule has 4 aromatic rings. The molecule has 0 saturated carbocycles. The minimum Gasteiger partial charge on any atom is -0.444 e. The van der Waals surface area contributed by atoms with Crippen LogP contribution in [0.25, 0.3) is 0 Å². The fourth-order valence-electron chi connectivity index (χ4n) is 7.05. The fraction of sp³-hybridized carbons (Fsp3) is 0.386. The predicted molar refractivity (Wildman–Crippen MR) is 216 cm³/mol. The van der Waals surface area contributed by atoms with Crippen molar-refractivity contribution in [3.8, 4) is 0 Å². The molecule has 0 spiro atoms. The molecule has 0 bridgehead atoms. The van der Waals surface area contributed by atoms with Crippen LogP contribution in [0.4, 0.5) is 51.3 Å². The normalized spacial score (nSPS) is 14.8. The molecule has 0 fully saturated rings. The number of halogens is 9. The van der Waals surface area contributed by atoms with Gasteiger partial charge in [-0.1, -0.05) is 36.4 Å². The highest BCUT2D eigenvalue weighted by atomic mass is 35.5. The Bertz CT molecular complexity index is 2260. The Hall–Kier alpha value is -5.26. The lowest BCUT2D eigenvalue weighted by Crippen LogP contribution is -2.40. The first-order valence-corrected chi connectivity index (χ1v) is 20.0. The number of anilines is 2. The van der Waals surface area contributed by atoms with Gasteiger partial charge in [0.15, 0.2) is 0 Å². The topological polar surface area (TPSA) is 111 Å². The van der Waals surface area contributed by atoms with E-state index in [9.17, 15) is 54.6 Å². The number of rotatable bonds is 9. The zero-order valence-electron chi connectivity index (χ0n) is 34.0. The Morgan fingerprint density at radius 2 is 1.19 bits per heavy atom. The lowest BCUT2D eigenvalue weighted by atomic mass is 9.97. The molecule has 0 aliphatic carbocycles. The monoisotopic (exact) mass is 896 g/mol. The van der Waals surface area contributed by atoms with Gasteiger partial charge in [0, 0.05) is 50.0 Å². The van der Waals surface area contributed by atoms with Gasteiger partial charge in [0.1, 0.15) is 17.2 Å². The number of β-amino-alcohol motifs (C(OH)–C–C–N with tert-alkyl or cyclic N) is 1. The average Bonchev–Trinajstić information content (AvgIpc) is 3.16. The van der Waals surface area contributed by atoms with Crippen molar-refractivity contribution in [1.29, 1.82) is 0 Å². The number of nitrogens with zero attached hydrogens (tertiary/aromatic N) is 2. The highest BCUT2D eigenvalue weighted by Crippen LogP contribution is 2.34. The molecule has 0 aromatic heterocycles. The third-order valence-corrected chi connectivity index (χ3v) is 10.2. The summed E-state index contributed by atoms with van der Waals surface area (Å²) in [6.07, 6.45) is -9.95. The number of carbonyl (C=O) groups is 3. The van der Waals surface area contributed by atoms with E-state index in [1.54, 1.807) is 49.9 Å². The van der Waals surface area contributed by atoms with Gasteiger partial charge >= 0.3 is 18.4 Å². The minimum atomic E-state index is -4.79. The van der Waals surface area contributed by atoms with Crippen molar-refractivity contribution in [1.82, 2.24) is 9.80 Å². The molecule has 0 radical (unpaired) electrons. The van der Waals surface area contributed by atoms with E-state index in [0.29, 0.717) is 69.1 Å². The van der Waals surface area contributed by atoms with Gasteiger partial charge in [-0.15, -0.1) is 11.6 Å². The molecule has 3 N–H and O–H groups in total. The van der Waals surface area contributed by atoms with Crippen LogP contribution < -0.4 is 10.6 Å². The second kappa shape index (κ2) is 19.8.